The van der Waals surface area contributed by atoms with E-state index < -0.39 is 23.6 Å². The van der Waals surface area contributed by atoms with Crippen molar-refractivity contribution in [3.05, 3.63) is 12.2 Å². The largest absolute Gasteiger partial charge is 0.346 e. The van der Waals surface area contributed by atoms with Crippen molar-refractivity contribution in [3.63, 3.8) is 0 Å². The van der Waals surface area contributed by atoms with Crippen LogP contribution in [0.25, 0.3) is 0 Å². The Kier molecular flexibility index (Phi) is 7.40. The van der Waals surface area contributed by atoms with Crippen LogP contribution in [0.15, 0.2) is 12.2 Å². The average Bonchev–Trinajstić information content (AvgIpc) is 2.85. The number of imide groups is 1. The molecule has 1 heterocycles. The Morgan fingerprint density at radius 1 is 0.870 bits per heavy atom. The summed E-state index contributed by atoms with van der Waals surface area (Å²) in [7, 11) is 0. The van der Waals surface area contributed by atoms with Gasteiger partial charge in [0.1, 0.15) is 6.67 Å². The average molecular weight is 325 g/mol. The summed E-state index contributed by atoms with van der Waals surface area (Å²) in [6, 6.07) is 0. The van der Waals surface area contributed by atoms with Crippen LogP contribution >= 0.6 is 0 Å². The predicted molar refractivity (Wildman–Crippen MR) is 78.6 cm³/mol. The topological polar surface area (TPSA) is 137 Å². The van der Waals surface area contributed by atoms with E-state index in [1.54, 1.807) is 0 Å². The summed E-state index contributed by atoms with van der Waals surface area (Å²) in [4.78, 5) is 57.5. The van der Waals surface area contributed by atoms with E-state index in [-0.39, 0.29) is 32.2 Å². The molecule has 4 N–H and O–H groups in total. The van der Waals surface area contributed by atoms with Crippen molar-refractivity contribution in [1.82, 2.24) is 26.2 Å². The molecule has 0 fully saturated rings. The first-order valence-corrected chi connectivity index (χ1v) is 6.98. The molecule has 0 atom stereocenters. The van der Waals surface area contributed by atoms with Gasteiger partial charge < -0.3 is 21.3 Å². The molecule has 0 bridgehead atoms. The maximum atomic E-state index is 11.5. The van der Waals surface area contributed by atoms with Crippen LogP contribution in [0.4, 0.5) is 0 Å². The van der Waals surface area contributed by atoms with E-state index in [2.05, 4.69) is 21.3 Å². The molecule has 10 heteroatoms. The number of carbonyl (C=O) groups is 5. The van der Waals surface area contributed by atoms with Crippen LogP contribution in [0.5, 0.6) is 0 Å². The number of carbonyl (C=O) groups excluding carboxylic acids is 5. The number of likely N-dealkylation sites (N-methyl/N-ethyl adjacent to an activating group) is 1. The first-order valence-electron chi connectivity index (χ1n) is 6.98. The molecule has 0 aromatic rings. The highest BCUT2D eigenvalue weighted by molar-refractivity contribution is 6.13. The number of amides is 5. The summed E-state index contributed by atoms with van der Waals surface area (Å²) < 4.78 is 0. The summed E-state index contributed by atoms with van der Waals surface area (Å²) >= 11 is 0. The zero-order chi connectivity index (χ0) is 17.2. The Balaban J connectivity index is 2.15. The van der Waals surface area contributed by atoms with E-state index in [0.717, 1.165) is 17.1 Å². The van der Waals surface area contributed by atoms with E-state index >= 15 is 0 Å². The number of nitrogens with zero attached hydrogens (tertiary/aromatic N) is 1. The molecule has 0 aromatic carbocycles. The minimum Gasteiger partial charge on any atom is -0.346 e. The summed E-state index contributed by atoms with van der Waals surface area (Å²) in [5.74, 6) is -2.44. The fourth-order valence-electron chi connectivity index (χ4n) is 1.54. The SMILES string of the molecule is CCNCC(=O)NCC(=O)NCC(=O)NCN1C(=O)C=CC1=O. The molecule has 0 saturated carbocycles. The van der Waals surface area contributed by atoms with Crippen LogP contribution in [0.2, 0.25) is 0 Å². The molecule has 5 amide bonds. The second kappa shape index (κ2) is 9.30. The van der Waals surface area contributed by atoms with Gasteiger partial charge in [0.15, 0.2) is 0 Å². The zero-order valence-corrected chi connectivity index (χ0v) is 12.7. The molecule has 0 radical (unpaired) electrons. The van der Waals surface area contributed by atoms with E-state index in [0.29, 0.717) is 6.54 Å². The van der Waals surface area contributed by atoms with Gasteiger partial charge in [-0.2, -0.15) is 0 Å². The van der Waals surface area contributed by atoms with Crippen molar-refractivity contribution in [3.8, 4) is 0 Å². The summed E-state index contributed by atoms with van der Waals surface area (Å²) in [5, 5.41) is 9.81. The summed E-state index contributed by atoms with van der Waals surface area (Å²) in [6.07, 6.45) is 2.21. The monoisotopic (exact) mass is 325 g/mol. The zero-order valence-electron chi connectivity index (χ0n) is 12.7. The number of hydrogen-bond acceptors (Lipinski definition) is 6. The van der Waals surface area contributed by atoms with E-state index in [9.17, 15) is 24.0 Å². The molecule has 0 saturated heterocycles. The quantitative estimate of drug-likeness (QED) is 0.330. The molecule has 0 spiro atoms. The van der Waals surface area contributed by atoms with Crippen molar-refractivity contribution in [2.45, 2.75) is 6.92 Å². The molecule has 1 rings (SSSR count). The van der Waals surface area contributed by atoms with Crippen molar-refractivity contribution < 1.29 is 24.0 Å². The van der Waals surface area contributed by atoms with Crippen LogP contribution in [-0.2, 0) is 24.0 Å². The Morgan fingerprint density at radius 3 is 1.87 bits per heavy atom. The lowest BCUT2D eigenvalue weighted by atomic mass is 10.5. The maximum absolute atomic E-state index is 11.5. The minimum absolute atomic E-state index is 0.107. The van der Waals surface area contributed by atoms with Gasteiger partial charge in [0.05, 0.1) is 19.6 Å². The number of nitrogens with one attached hydrogen (secondary N) is 4. The van der Waals surface area contributed by atoms with Crippen LogP contribution in [0.3, 0.4) is 0 Å². The van der Waals surface area contributed by atoms with E-state index in [1.165, 1.54) is 0 Å². The molecule has 126 valence electrons. The fraction of sp³-hybridized carbons (Fsp3) is 0.462. The van der Waals surface area contributed by atoms with Gasteiger partial charge in [-0.05, 0) is 6.54 Å². The standard InChI is InChI=1S/C13H19N5O5/c1-2-14-5-9(19)15-6-10(20)16-7-11(21)17-8-18-12(22)3-4-13(18)23/h3-4,14H,2,5-8H2,1H3,(H,15,19)(H,16,20)(H,17,21). The Hall–Kier alpha value is -2.75. The van der Waals surface area contributed by atoms with Crippen molar-refractivity contribution in [2.75, 3.05) is 32.8 Å². The van der Waals surface area contributed by atoms with Crippen LogP contribution < -0.4 is 21.3 Å². The Labute approximate surface area is 132 Å². The molecular weight excluding hydrogens is 306 g/mol. The minimum atomic E-state index is -0.565. The smallest absolute Gasteiger partial charge is 0.255 e. The highest BCUT2D eigenvalue weighted by Crippen LogP contribution is 2.00. The second-order valence-electron chi connectivity index (χ2n) is 4.53. The van der Waals surface area contributed by atoms with Gasteiger partial charge in [0.2, 0.25) is 17.7 Å². The predicted octanol–water partition coefficient (Wildman–Crippen LogP) is -3.17. The maximum Gasteiger partial charge on any atom is 0.255 e. The van der Waals surface area contributed by atoms with Gasteiger partial charge in [-0.1, -0.05) is 6.92 Å². The highest BCUT2D eigenvalue weighted by Gasteiger charge is 2.23. The molecule has 23 heavy (non-hydrogen) atoms. The molecule has 0 aromatic heterocycles. The summed E-state index contributed by atoms with van der Waals surface area (Å²) in [6.45, 7) is 1.75. The van der Waals surface area contributed by atoms with Crippen molar-refractivity contribution in [1.29, 1.82) is 0 Å². The molecular formula is C13H19N5O5. The second-order valence-corrected chi connectivity index (χ2v) is 4.53. The van der Waals surface area contributed by atoms with Crippen molar-refractivity contribution in [2.24, 2.45) is 0 Å². The lowest BCUT2D eigenvalue weighted by Crippen LogP contribution is -2.46. The van der Waals surface area contributed by atoms with Gasteiger partial charge in [-0.3, -0.25) is 28.9 Å². The molecule has 1 aliphatic heterocycles. The summed E-state index contributed by atoms with van der Waals surface area (Å²) in [5.41, 5.74) is 0. The lowest BCUT2D eigenvalue weighted by molar-refractivity contribution is -0.138. The van der Waals surface area contributed by atoms with Crippen molar-refractivity contribution >= 4 is 29.5 Å². The van der Waals surface area contributed by atoms with Gasteiger partial charge in [-0.15, -0.1) is 0 Å². The van der Waals surface area contributed by atoms with Crippen LogP contribution in [0.1, 0.15) is 6.92 Å². The van der Waals surface area contributed by atoms with Gasteiger partial charge in [0.25, 0.3) is 11.8 Å². The molecule has 0 unspecified atom stereocenters. The van der Waals surface area contributed by atoms with Gasteiger partial charge in [0, 0.05) is 12.2 Å². The lowest BCUT2D eigenvalue weighted by Gasteiger charge is -2.14. The molecule has 0 aliphatic carbocycles. The van der Waals surface area contributed by atoms with Crippen LogP contribution in [0, 0.1) is 0 Å². The highest BCUT2D eigenvalue weighted by atomic mass is 16.2. The normalized spacial score (nSPS) is 13.2. The first-order chi connectivity index (χ1) is 10.9. The van der Waals surface area contributed by atoms with Crippen LogP contribution in [-0.4, -0.2) is 67.3 Å². The third kappa shape index (κ3) is 6.70. The third-order valence-corrected chi connectivity index (χ3v) is 2.76. The number of hydrogen-bond donors (Lipinski definition) is 4. The third-order valence-electron chi connectivity index (χ3n) is 2.76. The fourth-order valence-corrected chi connectivity index (χ4v) is 1.54. The van der Waals surface area contributed by atoms with E-state index in [1.807, 2.05) is 6.92 Å². The first kappa shape index (κ1) is 18.3. The molecule has 10 nitrogen and oxygen atoms in total. The number of rotatable bonds is 9. The Bertz CT molecular complexity index is 513. The van der Waals surface area contributed by atoms with Gasteiger partial charge in [-0.25, -0.2) is 0 Å². The molecule has 1 aliphatic rings. The Morgan fingerprint density at radius 2 is 1.35 bits per heavy atom. The van der Waals surface area contributed by atoms with E-state index in [4.69, 9.17) is 0 Å². The van der Waals surface area contributed by atoms with Gasteiger partial charge >= 0.3 is 0 Å².